The summed E-state index contributed by atoms with van der Waals surface area (Å²) in [6, 6.07) is 13.3. The van der Waals surface area contributed by atoms with Crippen LogP contribution in [0, 0.1) is 23.5 Å². The number of rotatable bonds is 7. The number of aromatic nitrogens is 3. The maximum absolute atomic E-state index is 15.3. The van der Waals surface area contributed by atoms with Crippen molar-refractivity contribution in [2.75, 3.05) is 13.7 Å². The molecule has 2 bridgehead atoms. The van der Waals surface area contributed by atoms with Gasteiger partial charge in [0.05, 0.1) is 18.3 Å². The summed E-state index contributed by atoms with van der Waals surface area (Å²) in [5.74, 6) is -1.90. The van der Waals surface area contributed by atoms with E-state index in [0.29, 0.717) is 46.6 Å². The number of aromatic carboxylic acids is 1. The number of hydrogen-bond donors (Lipinski definition) is 2. The number of fused-ring (bicyclic) bond motifs is 4. The molecule has 3 aliphatic rings. The minimum atomic E-state index is -1.66. The van der Waals surface area contributed by atoms with E-state index in [1.54, 1.807) is 19.2 Å². The van der Waals surface area contributed by atoms with Crippen LogP contribution in [0.3, 0.4) is 0 Å². The van der Waals surface area contributed by atoms with Crippen molar-refractivity contribution in [3.05, 3.63) is 71.3 Å². The van der Waals surface area contributed by atoms with E-state index in [9.17, 15) is 19.1 Å². The van der Waals surface area contributed by atoms with Crippen molar-refractivity contribution in [1.29, 1.82) is 0 Å². The predicted octanol–water partition coefficient (Wildman–Crippen LogP) is 5.82. The lowest BCUT2D eigenvalue weighted by molar-refractivity contribution is 0.0682. The topological polar surface area (TPSA) is 116 Å². The summed E-state index contributed by atoms with van der Waals surface area (Å²) in [6.07, 6.45) is 4.17. The summed E-state index contributed by atoms with van der Waals surface area (Å²) in [5, 5.41) is 10.3. The van der Waals surface area contributed by atoms with Crippen LogP contribution in [0.15, 0.2) is 48.5 Å². The molecule has 46 heavy (non-hydrogen) atoms. The van der Waals surface area contributed by atoms with E-state index in [4.69, 9.17) is 15.5 Å². The highest BCUT2D eigenvalue weighted by atomic mass is 19.1. The smallest absolute Gasteiger partial charge is 0.341 e. The number of methoxy groups -OCH3 is 1. The number of hydrogen-bond acceptors (Lipinski definition) is 5. The zero-order chi connectivity index (χ0) is 32.0. The lowest BCUT2D eigenvalue weighted by Crippen LogP contribution is -2.41. The van der Waals surface area contributed by atoms with E-state index in [1.807, 2.05) is 40.8 Å². The van der Waals surface area contributed by atoms with Crippen molar-refractivity contribution in [3.8, 4) is 28.4 Å². The normalized spacial score (nSPS) is 20.7. The molecule has 1 aliphatic heterocycles. The Kier molecular flexibility index (Phi) is 6.47. The molecule has 1 amide bonds. The first-order valence-electron chi connectivity index (χ1n) is 15.6. The molecule has 8 rings (SSSR count). The van der Waals surface area contributed by atoms with Crippen LogP contribution >= 0.6 is 0 Å². The maximum atomic E-state index is 15.3. The lowest BCUT2D eigenvalue weighted by atomic mass is 10.0. The Morgan fingerprint density at radius 1 is 1.07 bits per heavy atom. The number of carboxylic acid groups (broad SMARTS) is 1. The largest absolute Gasteiger partial charge is 0.494 e. The molecular formula is C35H33F2N5O4. The van der Waals surface area contributed by atoms with Crippen LogP contribution in [0.2, 0.25) is 0 Å². The number of halogens is 2. The number of carbonyl (C=O) groups excluding carboxylic acids is 1. The predicted molar refractivity (Wildman–Crippen MR) is 169 cm³/mol. The quantitative estimate of drug-likeness (QED) is 0.236. The van der Waals surface area contributed by atoms with Crippen molar-refractivity contribution >= 4 is 33.8 Å². The summed E-state index contributed by atoms with van der Waals surface area (Å²) < 4.78 is 39.4. The van der Waals surface area contributed by atoms with Gasteiger partial charge in [0.2, 0.25) is 0 Å². The molecule has 3 fully saturated rings. The van der Waals surface area contributed by atoms with Gasteiger partial charge in [-0.25, -0.2) is 18.6 Å². The van der Waals surface area contributed by atoms with Crippen LogP contribution in [-0.2, 0) is 13.6 Å². The molecule has 2 saturated carbocycles. The van der Waals surface area contributed by atoms with Gasteiger partial charge in [0.15, 0.2) is 5.82 Å². The Labute approximate surface area is 263 Å². The molecule has 11 heteroatoms. The fourth-order valence-electron chi connectivity index (χ4n) is 7.60. The monoisotopic (exact) mass is 625 g/mol. The second kappa shape index (κ2) is 10.4. The van der Waals surface area contributed by atoms with Gasteiger partial charge in [0.25, 0.3) is 5.91 Å². The number of carbonyl (C=O) groups is 2. The number of likely N-dealkylation sites (tertiary alicyclic amines) is 1. The first-order chi connectivity index (χ1) is 22.1. The van der Waals surface area contributed by atoms with E-state index in [1.165, 1.54) is 6.07 Å². The number of benzene rings is 3. The van der Waals surface area contributed by atoms with E-state index >= 15 is 4.39 Å². The van der Waals surface area contributed by atoms with Crippen molar-refractivity contribution in [2.45, 2.75) is 44.3 Å². The minimum absolute atomic E-state index is 0.0123. The van der Waals surface area contributed by atoms with Crippen LogP contribution < -0.4 is 10.5 Å². The molecule has 3 N–H and O–H groups in total. The number of carboxylic acids is 1. The van der Waals surface area contributed by atoms with Crippen molar-refractivity contribution in [3.63, 3.8) is 0 Å². The van der Waals surface area contributed by atoms with Gasteiger partial charge in [-0.3, -0.25) is 4.79 Å². The summed E-state index contributed by atoms with van der Waals surface area (Å²) in [6.45, 7) is 1.39. The number of nitrogens with two attached hydrogens (primary N) is 1. The van der Waals surface area contributed by atoms with Gasteiger partial charge in [-0.15, -0.1) is 0 Å². The third-order valence-corrected chi connectivity index (χ3v) is 10.2. The van der Waals surface area contributed by atoms with Gasteiger partial charge >= 0.3 is 5.97 Å². The van der Waals surface area contributed by atoms with Crippen LogP contribution in [0.25, 0.3) is 44.6 Å². The number of imidazole rings is 1. The summed E-state index contributed by atoms with van der Waals surface area (Å²) in [4.78, 5) is 32.2. The molecule has 3 heterocycles. The summed E-state index contributed by atoms with van der Waals surface area (Å²) in [5.41, 5.74) is 9.45. The third kappa shape index (κ3) is 4.32. The second-order valence-corrected chi connectivity index (χ2v) is 12.9. The third-order valence-electron chi connectivity index (χ3n) is 10.2. The molecular weight excluding hydrogens is 592 g/mol. The molecule has 0 unspecified atom stereocenters. The number of nitrogens with zero attached hydrogens (tertiary/aromatic N) is 4. The fourth-order valence-corrected chi connectivity index (χ4v) is 7.60. The van der Waals surface area contributed by atoms with Gasteiger partial charge in [-0.1, -0.05) is 12.1 Å². The number of piperidine rings is 1. The van der Waals surface area contributed by atoms with E-state index in [-0.39, 0.29) is 23.6 Å². The minimum Gasteiger partial charge on any atom is -0.494 e. The molecule has 3 aromatic carbocycles. The van der Waals surface area contributed by atoms with Crippen LogP contribution in [0.1, 0.15) is 46.4 Å². The Hall–Kier alpha value is -4.77. The molecule has 9 nitrogen and oxygen atoms in total. The molecule has 3 atom stereocenters. The van der Waals surface area contributed by atoms with Crippen molar-refractivity contribution < 1.29 is 28.2 Å². The van der Waals surface area contributed by atoms with E-state index in [2.05, 4.69) is 4.57 Å². The molecule has 236 valence electrons. The highest BCUT2D eigenvalue weighted by Gasteiger charge is 2.47. The highest BCUT2D eigenvalue weighted by molar-refractivity contribution is 6.01. The average Bonchev–Trinajstić information content (AvgIpc) is 3.44. The second-order valence-electron chi connectivity index (χ2n) is 12.9. The van der Waals surface area contributed by atoms with E-state index < -0.39 is 23.2 Å². The Balaban J connectivity index is 1.25. The molecule has 0 radical (unpaired) electrons. The van der Waals surface area contributed by atoms with Gasteiger partial charge < -0.3 is 29.6 Å². The van der Waals surface area contributed by atoms with Crippen molar-refractivity contribution in [1.82, 2.24) is 19.0 Å². The molecule has 1 saturated heterocycles. The first-order valence-corrected chi connectivity index (χ1v) is 15.6. The van der Waals surface area contributed by atoms with Gasteiger partial charge in [0.1, 0.15) is 28.5 Å². The van der Waals surface area contributed by atoms with Gasteiger partial charge in [-0.2, -0.15) is 0 Å². The SMILES string of the molecule is COc1cc(C(=O)N2C[C@H]3CC[C@@H]2[C@@H]3N)cc2nc(-c3cc4ccc(-c5ccc(F)c(C(=O)O)c5F)cc4n3CC3CC3)n(C)c12. The summed E-state index contributed by atoms with van der Waals surface area (Å²) >= 11 is 0. The maximum Gasteiger partial charge on any atom is 0.341 e. The molecule has 0 spiro atoms. The number of aryl methyl sites for hydroxylation is 1. The van der Waals surface area contributed by atoms with Crippen LogP contribution in [0.4, 0.5) is 8.78 Å². The number of amides is 1. The van der Waals surface area contributed by atoms with Gasteiger partial charge in [-0.05, 0) is 79.5 Å². The van der Waals surface area contributed by atoms with Crippen LogP contribution in [-0.4, -0.2) is 61.7 Å². The Morgan fingerprint density at radius 2 is 1.87 bits per heavy atom. The zero-order valence-electron chi connectivity index (χ0n) is 25.5. The molecule has 5 aromatic rings. The molecule has 2 aliphatic carbocycles. The summed E-state index contributed by atoms with van der Waals surface area (Å²) in [7, 11) is 3.50. The molecule has 2 aromatic heterocycles. The van der Waals surface area contributed by atoms with Crippen molar-refractivity contribution in [2.24, 2.45) is 24.6 Å². The Morgan fingerprint density at radius 3 is 2.54 bits per heavy atom. The number of ether oxygens (including phenoxy) is 1. The van der Waals surface area contributed by atoms with Gasteiger partial charge in [0, 0.05) is 54.3 Å². The first kappa shape index (κ1) is 28.7. The van der Waals surface area contributed by atoms with E-state index in [0.717, 1.165) is 60.4 Å². The standard InChI is InChI=1S/C35H33F2N5O4/c1-40-32-24(11-21(14-28(32)46-2)34(43)42-16-20-7-10-25(42)31(20)38)39-33(40)27-13-19-6-5-18(12-26(19)41(27)15-17-3-4-17)22-8-9-23(36)29(30(22)37)35(44)45/h5-6,8-9,11-14,17,20,25,31H,3-4,7,10,15-16,38H2,1-2H3,(H,44,45)/t20-,25-,31-/m1/s1. The average molecular weight is 626 g/mol. The Bertz CT molecular complexity index is 2100. The highest BCUT2D eigenvalue weighted by Crippen LogP contribution is 2.41. The fraction of sp³-hybridized carbons (Fsp3) is 0.343. The van der Waals surface area contributed by atoms with Crippen LogP contribution in [0.5, 0.6) is 5.75 Å². The zero-order valence-corrected chi connectivity index (χ0v) is 25.5. The lowest BCUT2D eigenvalue weighted by Gasteiger charge is -2.27.